The second-order valence-corrected chi connectivity index (χ2v) is 8.81. The first-order valence-corrected chi connectivity index (χ1v) is 12.0. The van der Waals surface area contributed by atoms with E-state index in [1.54, 1.807) is 4.90 Å². The molecule has 0 radical (unpaired) electrons. The number of hydrogen-bond acceptors (Lipinski definition) is 5. The summed E-state index contributed by atoms with van der Waals surface area (Å²) in [7, 11) is 0. The van der Waals surface area contributed by atoms with Crippen LogP contribution in [0.4, 0.5) is 5.69 Å². The number of likely N-dealkylation sites (tertiary alicyclic amines) is 2. The number of nitrogens with zero attached hydrogens (tertiary/aromatic N) is 6. The molecule has 3 heterocycles. The van der Waals surface area contributed by atoms with Crippen molar-refractivity contribution < 1.29 is 9.59 Å². The molecule has 180 valence electrons. The molecule has 2 aromatic rings. The number of aryl methyl sites for hydroxylation is 2. The van der Waals surface area contributed by atoms with Crippen molar-refractivity contribution in [2.45, 2.75) is 58.5 Å². The zero-order valence-electron chi connectivity index (χ0n) is 19.9. The van der Waals surface area contributed by atoms with Crippen molar-refractivity contribution in [1.29, 1.82) is 5.26 Å². The van der Waals surface area contributed by atoms with Crippen LogP contribution in [0.5, 0.6) is 0 Å². The summed E-state index contributed by atoms with van der Waals surface area (Å²) in [4.78, 5) is 38.5. The summed E-state index contributed by atoms with van der Waals surface area (Å²) in [6.07, 6.45) is 6.17. The van der Waals surface area contributed by atoms with E-state index in [4.69, 9.17) is 0 Å². The molecule has 2 fully saturated rings. The van der Waals surface area contributed by atoms with Crippen molar-refractivity contribution in [2.75, 3.05) is 31.5 Å². The number of imidazole rings is 1. The van der Waals surface area contributed by atoms with E-state index in [1.807, 2.05) is 36.2 Å². The Balaban J connectivity index is 1.51. The molecular weight excluding hydrogens is 432 g/mol. The highest BCUT2D eigenvalue weighted by Gasteiger charge is 2.30. The van der Waals surface area contributed by atoms with Gasteiger partial charge in [-0.15, -0.1) is 0 Å². The van der Waals surface area contributed by atoms with Crippen LogP contribution in [0.3, 0.4) is 0 Å². The van der Waals surface area contributed by atoms with Gasteiger partial charge in [-0.05, 0) is 64.2 Å². The molecule has 2 saturated heterocycles. The van der Waals surface area contributed by atoms with Gasteiger partial charge in [-0.2, -0.15) is 5.26 Å². The number of carbonyl (C=O) groups excluding carboxylic acids is 2. The molecule has 2 aliphatic rings. The number of fused-ring (bicyclic) bond motifs is 1. The van der Waals surface area contributed by atoms with Gasteiger partial charge < -0.3 is 19.7 Å². The van der Waals surface area contributed by atoms with E-state index in [2.05, 4.69) is 32.1 Å². The summed E-state index contributed by atoms with van der Waals surface area (Å²) >= 11 is 0. The first kappa shape index (κ1) is 23.5. The third-order valence-electron chi connectivity index (χ3n) is 6.51. The van der Waals surface area contributed by atoms with E-state index in [0.29, 0.717) is 13.0 Å². The van der Waals surface area contributed by atoms with Gasteiger partial charge in [0.15, 0.2) is 6.19 Å². The molecule has 0 spiro atoms. The lowest BCUT2D eigenvalue weighted by Crippen LogP contribution is -2.45. The fourth-order valence-electron chi connectivity index (χ4n) is 4.76. The Labute approximate surface area is 199 Å². The predicted octanol–water partition coefficient (Wildman–Crippen LogP) is 2.21. The smallest absolute Gasteiger partial charge is 0.247 e. The van der Waals surface area contributed by atoms with Gasteiger partial charge in [0.05, 0.1) is 17.6 Å². The number of nitriles is 1. The molecular formula is C24H32N8O2. The van der Waals surface area contributed by atoms with Crippen molar-refractivity contribution in [1.82, 2.24) is 24.7 Å². The largest absolute Gasteiger partial charge is 0.341 e. The lowest BCUT2D eigenvalue weighted by molar-refractivity contribution is -0.140. The molecule has 1 aromatic heterocycles. The van der Waals surface area contributed by atoms with Crippen LogP contribution in [0.15, 0.2) is 23.2 Å². The zero-order valence-corrected chi connectivity index (χ0v) is 19.9. The molecule has 10 heteroatoms. The van der Waals surface area contributed by atoms with Crippen molar-refractivity contribution >= 4 is 34.5 Å². The number of anilines is 1. The second-order valence-electron chi connectivity index (χ2n) is 8.81. The van der Waals surface area contributed by atoms with Crippen LogP contribution in [-0.2, 0) is 16.1 Å². The van der Waals surface area contributed by atoms with Gasteiger partial charge in [-0.25, -0.2) is 9.98 Å². The van der Waals surface area contributed by atoms with Crippen LogP contribution >= 0.6 is 0 Å². The molecule has 10 nitrogen and oxygen atoms in total. The highest BCUT2D eigenvalue weighted by atomic mass is 16.2. The fraction of sp³-hybridized carbons (Fsp3) is 0.542. The second kappa shape index (κ2) is 10.5. The number of amides is 2. The van der Waals surface area contributed by atoms with Gasteiger partial charge in [-0.3, -0.25) is 14.9 Å². The third kappa shape index (κ3) is 5.14. The van der Waals surface area contributed by atoms with Crippen LogP contribution < -0.4 is 10.6 Å². The third-order valence-corrected chi connectivity index (χ3v) is 6.51. The van der Waals surface area contributed by atoms with Crippen molar-refractivity contribution in [3.8, 4) is 6.19 Å². The number of hydrogen-bond donors (Lipinski definition) is 2. The van der Waals surface area contributed by atoms with Crippen molar-refractivity contribution in [3.63, 3.8) is 0 Å². The predicted molar refractivity (Wildman–Crippen MR) is 130 cm³/mol. The van der Waals surface area contributed by atoms with Gasteiger partial charge >= 0.3 is 0 Å². The summed E-state index contributed by atoms with van der Waals surface area (Å²) < 4.78 is 2.13. The molecule has 1 atom stereocenters. The molecule has 34 heavy (non-hydrogen) atoms. The normalized spacial score (nSPS) is 19.3. The lowest BCUT2D eigenvalue weighted by atomic mass is 10.1. The molecule has 1 unspecified atom stereocenters. The Morgan fingerprint density at radius 3 is 2.74 bits per heavy atom. The number of aliphatic imine (C=N–C) groups is 1. The van der Waals surface area contributed by atoms with Gasteiger partial charge in [0.25, 0.3) is 0 Å². The van der Waals surface area contributed by atoms with Crippen LogP contribution in [0.1, 0.15) is 44.9 Å². The summed E-state index contributed by atoms with van der Waals surface area (Å²) in [6.45, 7) is 7.06. The average Bonchev–Trinajstić information content (AvgIpc) is 3.43. The Bertz CT molecular complexity index is 1130. The van der Waals surface area contributed by atoms with Gasteiger partial charge in [0.2, 0.25) is 17.8 Å². The maximum absolute atomic E-state index is 13.2. The lowest BCUT2D eigenvalue weighted by Gasteiger charge is -2.25. The fourth-order valence-corrected chi connectivity index (χ4v) is 4.76. The molecule has 0 saturated carbocycles. The highest BCUT2D eigenvalue weighted by Crippen LogP contribution is 2.21. The van der Waals surface area contributed by atoms with Crippen LogP contribution in [0.2, 0.25) is 0 Å². The standard InChI is InChI=1S/C24H32N8O2/c1-3-32-17(2)27-20-14-18(9-10-21(20)32)28-24(26-16-25)29-19-8-4-5-13-31(23(19)34)15-22(33)30-11-6-7-12-30/h9-10,14,19H,3-8,11-13,15H2,1-2H3,(H2,26,28,29). The Hall–Kier alpha value is -3.61. The first-order valence-electron chi connectivity index (χ1n) is 12.0. The van der Waals surface area contributed by atoms with E-state index in [1.165, 1.54) is 0 Å². The Morgan fingerprint density at radius 1 is 1.24 bits per heavy atom. The minimum atomic E-state index is -0.650. The molecule has 2 aliphatic heterocycles. The SMILES string of the molecule is CCn1c(C)nc2cc(NC(=NC3CCCCN(CC(=O)N4CCCC4)C3=O)NC#N)ccc21. The van der Waals surface area contributed by atoms with E-state index >= 15 is 0 Å². The van der Waals surface area contributed by atoms with Crippen LogP contribution in [0, 0.1) is 18.4 Å². The quantitative estimate of drug-likeness (QED) is 0.303. The minimum Gasteiger partial charge on any atom is -0.341 e. The number of guanidine groups is 1. The monoisotopic (exact) mass is 464 g/mol. The van der Waals surface area contributed by atoms with Crippen LogP contribution in [-0.4, -0.2) is 69.3 Å². The summed E-state index contributed by atoms with van der Waals surface area (Å²) in [5, 5.41) is 15.0. The number of carbonyl (C=O) groups is 2. The molecule has 4 rings (SSSR count). The van der Waals surface area contributed by atoms with Crippen molar-refractivity contribution in [3.05, 3.63) is 24.0 Å². The molecule has 2 N–H and O–H groups in total. The molecule has 2 amide bonds. The number of rotatable bonds is 5. The van der Waals surface area contributed by atoms with Gasteiger partial charge in [-0.1, -0.05) is 0 Å². The Morgan fingerprint density at radius 2 is 2.00 bits per heavy atom. The summed E-state index contributed by atoms with van der Waals surface area (Å²) in [5.41, 5.74) is 2.60. The zero-order chi connectivity index (χ0) is 24.1. The van der Waals surface area contributed by atoms with Gasteiger partial charge in [0, 0.05) is 31.9 Å². The topological polar surface area (TPSA) is 119 Å². The minimum absolute atomic E-state index is 0.000842. The summed E-state index contributed by atoms with van der Waals surface area (Å²) in [6, 6.07) is 5.13. The number of benzene rings is 1. The highest BCUT2D eigenvalue weighted by molar-refractivity contribution is 5.98. The molecule has 0 bridgehead atoms. The first-order chi connectivity index (χ1) is 16.5. The maximum Gasteiger partial charge on any atom is 0.247 e. The van der Waals surface area contributed by atoms with E-state index in [9.17, 15) is 14.9 Å². The molecule has 1 aromatic carbocycles. The Kier molecular flexibility index (Phi) is 7.30. The number of aromatic nitrogens is 2. The van der Waals surface area contributed by atoms with Crippen molar-refractivity contribution in [2.24, 2.45) is 4.99 Å². The van der Waals surface area contributed by atoms with E-state index in [0.717, 1.165) is 67.9 Å². The summed E-state index contributed by atoms with van der Waals surface area (Å²) in [5.74, 6) is 0.974. The number of nitrogens with one attached hydrogen (secondary N) is 2. The van der Waals surface area contributed by atoms with E-state index < -0.39 is 6.04 Å². The maximum atomic E-state index is 13.2. The molecule has 0 aliphatic carbocycles. The average molecular weight is 465 g/mol. The van der Waals surface area contributed by atoms with Crippen LogP contribution in [0.25, 0.3) is 11.0 Å². The van der Waals surface area contributed by atoms with E-state index in [-0.39, 0.29) is 24.3 Å². The van der Waals surface area contributed by atoms with Gasteiger partial charge in [0.1, 0.15) is 11.9 Å².